The molecule has 0 bridgehead atoms. The maximum atomic E-state index is 12.4. The lowest BCUT2D eigenvalue weighted by Crippen LogP contribution is -2.38. The van der Waals surface area contributed by atoms with E-state index in [2.05, 4.69) is 5.32 Å². The van der Waals surface area contributed by atoms with Gasteiger partial charge in [-0.3, -0.25) is 9.59 Å². The average molecular weight is 383 g/mol. The Morgan fingerprint density at radius 1 is 1.15 bits per heavy atom. The molecule has 2 heterocycles. The number of benzene rings is 2. The molecular weight excluding hydrogens is 368 g/mol. The molecule has 1 N–H and O–H groups in total. The molecule has 2 amide bonds. The van der Waals surface area contributed by atoms with Gasteiger partial charge in [-0.15, -0.1) is 0 Å². The third-order valence-electron chi connectivity index (χ3n) is 4.19. The van der Waals surface area contributed by atoms with Crippen molar-refractivity contribution in [3.05, 3.63) is 77.2 Å². The van der Waals surface area contributed by atoms with Gasteiger partial charge in [0.1, 0.15) is 5.75 Å². The Hall–Kier alpha value is -3.25. The van der Waals surface area contributed by atoms with Crippen LogP contribution < -0.4 is 15.0 Å². The van der Waals surface area contributed by atoms with Gasteiger partial charge in [-0.25, -0.2) is 0 Å². The number of rotatable bonds is 4. The fourth-order valence-corrected chi connectivity index (χ4v) is 3.05. The monoisotopic (exact) mass is 382 g/mol. The Kier molecular flexibility index (Phi) is 4.56. The van der Waals surface area contributed by atoms with Crippen LogP contribution in [0.4, 0.5) is 11.4 Å². The van der Waals surface area contributed by atoms with Crippen molar-refractivity contribution in [3.8, 4) is 5.75 Å². The van der Waals surface area contributed by atoms with Crippen LogP contribution in [0.5, 0.6) is 5.75 Å². The van der Waals surface area contributed by atoms with Crippen LogP contribution >= 0.6 is 11.6 Å². The molecular formula is C20H15ClN2O4. The number of halogens is 1. The van der Waals surface area contributed by atoms with E-state index in [9.17, 15) is 9.59 Å². The predicted molar refractivity (Wildman–Crippen MR) is 101 cm³/mol. The van der Waals surface area contributed by atoms with Crippen LogP contribution in [0.25, 0.3) is 0 Å². The summed E-state index contributed by atoms with van der Waals surface area (Å²) in [5.74, 6) is 0.206. The van der Waals surface area contributed by atoms with E-state index in [4.69, 9.17) is 20.8 Å². The van der Waals surface area contributed by atoms with Crippen LogP contribution in [0.1, 0.15) is 16.1 Å². The summed E-state index contributed by atoms with van der Waals surface area (Å²) in [6, 6.07) is 15.7. The molecule has 0 radical (unpaired) electrons. The van der Waals surface area contributed by atoms with Crippen molar-refractivity contribution in [1.82, 2.24) is 0 Å². The zero-order valence-electron chi connectivity index (χ0n) is 14.1. The number of amides is 2. The van der Waals surface area contributed by atoms with Gasteiger partial charge in [-0.1, -0.05) is 29.8 Å². The number of furan rings is 1. The first kappa shape index (κ1) is 17.2. The number of carbonyl (C=O) groups excluding carboxylic acids is 2. The van der Waals surface area contributed by atoms with Crippen molar-refractivity contribution < 1.29 is 18.7 Å². The molecule has 1 aromatic heterocycles. The van der Waals surface area contributed by atoms with Gasteiger partial charge in [0.2, 0.25) is 0 Å². The molecule has 0 atom stereocenters. The molecule has 3 aromatic rings. The minimum atomic E-state index is -0.361. The highest BCUT2D eigenvalue weighted by molar-refractivity contribution is 6.31. The minimum absolute atomic E-state index is 0.0764. The van der Waals surface area contributed by atoms with E-state index < -0.39 is 0 Å². The number of hydrogen-bond donors (Lipinski definition) is 1. The number of fused-ring (bicyclic) bond motifs is 1. The molecule has 0 saturated carbocycles. The number of nitrogens with zero attached hydrogens (tertiary/aromatic N) is 1. The van der Waals surface area contributed by atoms with E-state index in [1.807, 2.05) is 18.2 Å². The van der Waals surface area contributed by atoms with E-state index in [1.165, 1.54) is 6.26 Å². The van der Waals surface area contributed by atoms with Crippen molar-refractivity contribution in [1.29, 1.82) is 0 Å². The van der Waals surface area contributed by atoms with Gasteiger partial charge >= 0.3 is 0 Å². The molecule has 0 spiro atoms. The topological polar surface area (TPSA) is 71.8 Å². The molecule has 6 nitrogen and oxygen atoms in total. The van der Waals surface area contributed by atoms with E-state index >= 15 is 0 Å². The number of hydrogen-bond acceptors (Lipinski definition) is 4. The molecule has 27 heavy (non-hydrogen) atoms. The first-order valence-electron chi connectivity index (χ1n) is 8.27. The average Bonchev–Trinajstić information content (AvgIpc) is 3.20. The summed E-state index contributed by atoms with van der Waals surface area (Å²) >= 11 is 6.22. The molecule has 7 heteroatoms. The van der Waals surface area contributed by atoms with E-state index in [-0.39, 0.29) is 24.2 Å². The van der Waals surface area contributed by atoms with E-state index in [0.717, 1.165) is 5.56 Å². The lowest BCUT2D eigenvalue weighted by atomic mass is 10.1. The summed E-state index contributed by atoms with van der Waals surface area (Å²) in [4.78, 5) is 26.1. The van der Waals surface area contributed by atoms with Gasteiger partial charge < -0.3 is 19.4 Å². The molecule has 0 aliphatic carbocycles. The highest BCUT2D eigenvalue weighted by atomic mass is 35.5. The summed E-state index contributed by atoms with van der Waals surface area (Å²) in [7, 11) is 0. The standard InChI is InChI=1S/C20H15ClN2O4/c21-15-5-2-1-4-13(15)11-23-16-8-7-14(10-18(16)27-12-19(23)24)22-20(25)17-6-3-9-26-17/h1-10H,11-12H2,(H,22,25). The highest BCUT2D eigenvalue weighted by Crippen LogP contribution is 2.36. The first-order chi connectivity index (χ1) is 13.1. The predicted octanol–water partition coefficient (Wildman–Crippen LogP) is 4.11. The third kappa shape index (κ3) is 3.52. The molecule has 1 aliphatic heterocycles. The second-order valence-corrected chi connectivity index (χ2v) is 6.38. The van der Waals surface area contributed by atoms with Gasteiger partial charge in [0, 0.05) is 16.8 Å². The first-order valence-corrected chi connectivity index (χ1v) is 8.65. The molecule has 0 fully saturated rings. The van der Waals surface area contributed by atoms with Crippen LogP contribution in [-0.2, 0) is 11.3 Å². The minimum Gasteiger partial charge on any atom is -0.481 e. The van der Waals surface area contributed by atoms with Crippen LogP contribution in [0.3, 0.4) is 0 Å². The second kappa shape index (κ2) is 7.17. The Balaban J connectivity index is 1.59. The van der Waals surface area contributed by atoms with Crippen LogP contribution in [0.2, 0.25) is 5.02 Å². The zero-order valence-corrected chi connectivity index (χ0v) is 14.9. The second-order valence-electron chi connectivity index (χ2n) is 5.97. The lowest BCUT2D eigenvalue weighted by Gasteiger charge is -2.30. The summed E-state index contributed by atoms with van der Waals surface area (Å²) in [5.41, 5.74) is 2.01. The largest absolute Gasteiger partial charge is 0.481 e. The van der Waals surface area contributed by atoms with Crippen molar-refractivity contribution in [2.45, 2.75) is 6.54 Å². The van der Waals surface area contributed by atoms with Gasteiger partial charge in [-0.05, 0) is 35.9 Å². The maximum absolute atomic E-state index is 12.4. The van der Waals surface area contributed by atoms with Crippen molar-refractivity contribution in [2.24, 2.45) is 0 Å². The summed E-state index contributed by atoms with van der Waals surface area (Å²) in [6.45, 7) is 0.264. The quantitative estimate of drug-likeness (QED) is 0.737. The van der Waals surface area contributed by atoms with Crippen molar-refractivity contribution in [3.63, 3.8) is 0 Å². The highest BCUT2D eigenvalue weighted by Gasteiger charge is 2.26. The Bertz CT molecular complexity index is 1000. The Morgan fingerprint density at radius 3 is 2.78 bits per heavy atom. The Morgan fingerprint density at radius 2 is 2.00 bits per heavy atom. The van der Waals surface area contributed by atoms with Crippen LogP contribution in [0.15, 0.2) is 65.3 Å². The molecule has 0 unspecified atom stereocenters. The number of anilines is 2. The Labute approximate surface area is 160 Å². The molecule has 4 rings (SSSR count). The van der Waals surface area contributed by atoms with Gasteiger partial charge in [0.15, 0.2) is 12.4 Å². The fourth-order valence-electron chi connectivity index (χ4n) is 2.85. The van der Waals surface area contributed by atoms with Gasteiger partial charge in [0.05, 0.1) is 18.5 Å². The van der Waals surface area contributed by atoms with Gasteiger partial charge in [-0.2, -0.15) is 0 Å². The zero-order chi connectivity index (χ0) is 18.8. The van der Waals surface area contributed by atoms with Crippen LogP contribution in [0, 0.1) is 0 Å². The SMILES string of the molecule is O=C(Nc1ccc2c(c1)OCC(=O)N2Cc1ccccc1Cl)c1ccco1. The molecule has 1 aliphatic rings. The molecule has 136 valence electrons. The van der Waals surface area contributed by atoms with Crippen molar-refractivity contribution >= 4 is 34.8 Å². The van der Waals surface area contributed by atoms with E-state index in [1.54, 1.807) is 41.3 Å². The third-order valence-corrected chi connectivity index (χ3v) is 4.56. The van der Waals surface area contributed by atoms with E-state index in [0.29, 0.717) is 28.7 Å². The normalized spacial score (nSPS) is 13.1. The summed E-state index contributed by atoms with van der Waals surface area (Å²) < 4.78 is 10.6. The number of nitrogens with one attached hydrogen (secondary N) is 1. The maximum Gasteiger partial charge on any atom is 0.291 e. The summed E-state index contributed by atoms with van der Waals surface area (Å²) in [5, 5.41) is 3.34. The smallest absolute Gasteiger partial charge is 0.291 e. The number of carbonyl (C=O) groups is 2. The van der Waals surface area contributed by atoms with Crippen LogP contribution in [-0.4, -0.2) is 18.4 Å². The van der Waals surface area contributed by atoms with Crippen molar-refractivity contribution in [2.75, 3.05) is 16.8 Å². The molecule has 2 aromatic carbocycles. The van der Waals surface area contributed by atoms with Gasteiger partial charge in [0.25, 0.3) is 11.8 Å². The fraction of sp³-hybridized carbons (Fsp3) is 0.100. The molecule has 0 saturated heterocycles. The summed E-state index contributed by atoms with van der Waals surface area (Å²) in [6.07, 6.45) is 1.43. The lowest BCUT2D eigenvalue weighted by molar-refractivity contribution is -0.121. The number of ether oxygens (including phenoxy) is 1.